The van der Waals surface area contributed by atoms with E-state index in [-0.39, 0.29) is 5.82 Å². The van der Waals surface area contributed by atoms with Crippen LogP contribution >= 0.6 is 0 Å². The molecule has 0 bridgehead atoms. The average molecular weight is 277 g/mol. The molecule has 1 N–H and O–H groups in total. The van der Waals surface area contributed by atoms with E-state index in [0.717, 1.165) is 24.1 Å². The molecule has 0 aromatic heterocycles. The highest BCUT2D eigenvalue weighted by atomic mass is 19.1. The number of hydrogen-bond donors (Lipinski definition) is 1. The molecule has 1 fully saturated rings. The minimum absolute atomic E-state index is 0.119. The topological polar surface area (TPSA) is 12.0 Å². The second-order valence-electron chi connectivity index (χ2n) is 7.43. The third-order valence-corrected chi connectivity index (χ3v) is 4.84. The van der Waals surface area contributed by atoms with Gasteiger partial charge in [-0.15, -0.1) is 0 Å². The van der Waals surface area contributed by atoms with Crippen molar-refractivity contribution >= 4 is 5.69 Å². The van der Waals surface area contributed by atoms with Crippen LogP contribution in [0.5, 0.6) is 0 Å². The monoisotopic (exact) mass is 277 g/mol. The fourth-order valence-corrected chi connectivity index (χ4v) is 3.20. The van der Waals surface area contributed by atoms with E-state index in [1.165, 1.54) is 25.7 Å². The summed E-state index contributed by atoms with van der Waals surface area (Å²) in [5.74, 6) is 1.47. The molecule has 1 aromatic rings. The molecule has 0 saturated heterocycles. The quantitative estimate of drug-likeness (QED) is 0.780. The molecule has 1 aromatic carbocycles. The molecule has 2 rings (SSSR count). The van der Waals surface area contributed by atoms with Crippen LogP contribution in [0.3, 0.4) is 0 Å². The van der Waals surface area contributed by atoms with Crippen LogP contribution in [-0.4, -0.2) is 6.54 Å². The Morgan fingerprint density at radius 2 is 1.80 bits per heavy atom. The van der Waals surface area contributed by atoms with Crippen molar-refractivity contribution < 1.29 is 4.39 Å². The molecule has 0 heterocycles. The smallest absolute Gasteiger partial charge is 0.128 e. The van der Waals surface area contributed by atoms with Gasteiger partial charge in [0.1, 0.15) is 5.82 Å². The first kappa shape index (κ1) is 15.3. The zero-order valence-corrected chi connectivity index (χ0v) is 13.3. The molecule has 0 amide bonds. The summed E-state index contributed by atoms with van der Waals surface area (Å²) in [5, 5.41) is 3.40. The minimum Gasteiger partial charge on any atom is -0.385 e. The van der Waals surface area contributed by atoms with Crippen molar-refractivity contribution in [1.82, 2.24) is 0 Å². The van der Waals surface area contributed by atoms with Crippen LogP contribution in [0.15, 0.2) is 18.2 Å². The van der Waals surface area contributed by atoms with E-state index in [1.807, 2.05) is 12.1 Å². The lowest BCUT2D eigenvalue weighted by Crippen LogP contribution is -2.28. The zero-order valence-electron chi connectivity index (χ0n) is 13.3. The number of anilines is 1. The molecule has 20 heavy (non-hydrogen) atoms. The maximum absolute atomic E-state index is 13.5. The molecule has 1 aliphatic carbocycles. The minimum atomic E-state index is -0.119. The highest BCUT2D eigenvalue weighted by molar-refractivity contribution is 5.45. The first-order valence-electron chi connectivity index (χ1n) is 7.86. The summed E-state index contributed by atoms with van der Waals surface area (Å²) in [7, 11) is 0. The molecule has 0 spiro atoms. The molecule has 0 atom stereocenters. The van der Waals surface area contributed by atoms with E-state index < -0.39 is 0 Å². The Kier molecular flexibility index (Phi) is 4.72. The summed E-state index contributed by atoms with van der Waals surface area (Å²) in [4.78, 5) is 0. The summed E-state index contributed by atoms with van der Waals surface area (Å²) in [5.41, 5.74) is 2.06. The maximum atomic E-state index is 13.5. The predicted octanol–water partition coefficient (Wildman–Crippen LogP) is 5.40. The van der Waals surface area contributed by atoms with E-state index >= 15 is 0 Å². The van der Waals surface area contributed by atoms with Crippen LogP contribution in [0.2, 0.25) is 0 Å². The molecule has 0 unspecified atom stereocenters. The third kappa shape index (κ3) is 3.97. The third-order valence-electron chi connectivity index (χ3n) is 4.84. The Morgan fingerprint density at radius 3 is 2.35 bits per heavy atom. The summed E-state index contributed by atoms with van der Waals surface area (Å²) in [6.07, 6.45) is 5.25. The molecule has 1 aliphatic rings. The summed E-state index contributed by atoms with van der Waals surface area (Å²) < 4.78 is 13.5. The van der Waals surface area contributed by atoms with E-state index in [0.29, 0.717) is 11.0 Å². The second-order valence-corrected chi connectivity index (χ2v) is 7.43. The van der Waals surface area contributed by atoms with Crippen molar-refractivity contribution in [3.05, 3.63) is 29.6 Å². The standard InChI is InChI=1S/C18H28FN/c1-13-5-10-16(11-17(13)19)20-12-14-6-8-15(9-7-14)18(2,3)4/h5,10-11,14-15,20H,6-9,12H2,1-4H3. The van der Waals surface area contributed by atoms with E-state index in [4.69, 9.17) is 0 Å². The molecular weight excluding hydrogens is 249 g/mol. The van der Waals surface area contributed by atoms with Crippen molar-refractivity contribution in [2.45, 2.75) is 53.4 Å². The highest BCUT2D eigenvalue weighted by Gasteiger charge is 2.29. The number of nitrogens with one attached hydrogen (secondary N) is 1. The van der Waals surface area contributed by atoms with Crippen LogP contribution in [0, 0.1) is 30.0 Å². The first-order valence-corrected chi connectivity index (χ1v) is 7.86. The van der Waals surface area contributed by atoms with Crippen molar-refractivity contribution in [2.75, 3.05) is 11.9 Å². The number of rotatable bonds is 3. The van der Waals surface area contributed by atoms with Gasteiger partial charge in [-0.25, -0.2) is 4.39 Å². The maximum Gasteiger partial charge on any atom is 0.128 e. The largest absolute Gasteiger partial charge is 0.385 e. The van der Waals surface area contributed by atoms with Crippen LogP contribution in [0.1, 0.15) is 52.0 Å². The Morgan fingerprint density at radius 1 is 1.15 bits per heavy atom. The van der Waals surface area contributed by atoms with Crippen molar-refractivity contribution in [3.63, 3.8) is 0 Å². The Labute approximate surface area is 123 Å². The predicted molar refractivity (Wildman–Crippen MR) is 84.5 cm³/mol. The normalized spacial score (nSPS) is 23.6. The summed E-state index contributed by atoms with van der Waals surface area (Å²) >= 11 is 0. The molecule has 1 saturated carbocycles. The van der Waals surface area contributed by atoms with E-state index in [9.17, 15) is 4.39 Å². The van der Waals surface area contributed by atoms with Gasteiger partial charge in [-0.2, -0.15) is 0 Å². The summed E-state index contributed by atoms with van der Waals surface area (Å²) in [6.45, 7) is 9.83. The van der Waals surface area contributed by atoms with Crippen LogP contribution in [0.25, 0.3) is 0 Å². The number of halogens is 1. The van der Waals surface area contributed by atoms with E-state index in [2.05, 4.69) is 26.1 Å². The average Bonchev–Trinajstić information content (AvgIpc) is 2.40. The van der Waals surface area contributed by atoms with Gasteiger partial charge in [0.2, 0.25) is 0 Å². The molecule has 112 valence electrons. The lowest BCUT2D eigenvalue weighted by Gasteiger charge is -2.37. The Bertz CT molecular complexity index is 439. The fraction of sp³-hybridized carbons (Fsp3) is 0.667. The highest BCUT2D eigenvalue weighted by Crippen LogP contribution is 2.39. The van der Waals surface area contributed by atoms with Gasteiger partial charge in [0.25, 0.3) is 0 Å². The van der Waals surface area contributed by atoms with Gasteiger partial charge in [0.15, 0.2) is 0 Å². The van der Waals surface area contributed by atoms with Crippen molar-refractivity contribution in [3.8, 4) is 0 Å². The fourth-order valence-electron chi connectivity index (χ4n) is 3.20. The van der Waals surface area contributed by atoms with Gasteiger partial charge in [0, 0.05) is 12.2 Å². The Balaban J connectivity index is 1.80. The van der Waals surface area contributed by atoms with Gasteiger partial charge in [-0.3, -0.25) is 0 Å². The van der Waals surface area contributed by atoms with Crippen LogP contribution in [-0.2, 0) is 0 Å². The van der Waals surface area contributed by atoms with Gasteiger partial charge < -0.3 is 5.32 Å². The molecule has 2 heteroatoms. The molecule has 0 radical (unpaired) electrons. The van der Waals surface area contributed by atoms with Gasteiger partial charge in [-0.1, -0.05) is 26.8 Å². The zero-order chi connectivity index (χ0) is 14.8. The van der Waals surface area contributed by atoms with Gasteiger partial charge in [-0.05, 0) is 67.6 Å². The van der Waals surface area contributed by atoms with Gasteiger partial charge >= 0.3 is 0 Å². The van der Waals surface area contributed by atoms with E-state index in [1.54, 1.807) is 13.0 Å². The number of benzene rings is 1. The van der Waals surface area contributed by atoms with Gasteiger partial charge in [0.05, 0.1) is 0 Å². The SMILES string of the molecule is Cc1ccc(NCC2CCC(C(C)(C)C)CC2)cc1F. The number of aryl methyl sites for hydroxylation is 1. The molecule has 1 nitrogen and oxygen atoms in total. The lowest BCUT2D eigenvalue weighted by atomic mass is 9.70. The molecular formula is C18H28FN. The van der Waals surface area contributed by atoms with Crippen molar-refractivity contribution in [1.29, 1.82) is 0 Å². The van der Waals surface area contributed by atoms with Crippen LogP contribution in [0.4, 0.5) is 10.1 Å². The second kappa shape index (κ2) is 6.15. The molecule has 0 aliphatic heterocycles. The number of hydrogen-bond acceptors (Lipinski definition) is 1. The Hall–Kier alpha value is -1.05. The lowest BCUT2D eigenvalue weighted by molar-refractivity contribution is 0.153. The van der Waals surface area contributed by atoms with Crippen molar-refractivity contribution in [2.24, 2.45) is 17.3 Å². The summed E-state index contributed by atoms with van der Waals surface area (Å²) in [6, 6.07) is 5.42. The first-order chi connectivity index (χ1) is 9.36. The van der Waals surface area contributed by atoms with Crippen LogP contribution < -0.4 is 5.32 Å².